The van der Waals surface area contributed by atoms with Crippen molar-refractivity contribution in [1.82, 2.24) is 5.32 Å². The molecule has 0 radical (unpaired) electrons. The van der Waals surface area contributed by atoms with Crippen LogP contribution in [0.4, 0.5) is 0 Å². The fourth-order valence-corrected chi connectivity index (χ4v) is 3.73. The molecular formula is C18H35NO2. The SMILES string of the molecule is CC1CCC(CCNCC(O)COC2CCCCC2)CC1. The summed E-state index contributed by atoms with van der Waals surface area (Å²) in [5.74, 6) is 1.84. The topological polar surface area (TPSA) is 41.5 Å². The molecule has 1 unspecified atom stereocenters. The smallest absolute Gasteiger partial charge is 0.0897 e. The van der Waals surface area contributed by atoms with E-state index >= 15 is 0 Å². The van der Waals surface area contributed by atoms with Gasteiger partial charge in [0.05, 0.1) is 18.8 Å². The number of ether oxygens (including phenoxy) is 1. The minimum absolute atomic E-state index is 0.349. The lowest BCUT2D eigenvalue weighted by Gasteiger charge is -2.26. The third-order valence-corrected chi connectivity index (χ3v) is 5.32. The second kappa shape index (κ2) is 9.81. The van der Waals surface area contributed by atoms with Gasteiger partial charge in [-0.2, -0.15) is 0 Å². The summed E-state index contributed by atoms with van der Waals surface area (Å²) in [6.07, 6.45) is 13.2. The fraction of sp³-hybridized carbons (Fsp3) is 1.00. The van der Waals surface area contributed by atoms with Gasteiger partial charge in [-0.05, 0) is 37.6 Å². The average Bonchev–Trinajstić information content (AvgIpc) is 2.52. The van der Waals surface area contributed by atoms with Crippen molar-refractivity contribution < 1.29 is 9.84 Å². The largest absolute Gasteiger partial charge is 0.389 e. The highest BCUT2D eigenvalue weighted by molar-refractivity contribution is 4.71. The number of rotatable bonds is 8. The van der Waals surface area contributed by atoms with E-state index in [1.807, 2.05) is 0 Å². The van der Waals surface area contributed by atoms with E-state index < -0.39 is 0 Å². The Hall–Kier alpha value is -0.120. The molecule has 0 amide bonds. The molecule has 1 atom stereocenters. The maximum atomic E-state index is 9.96. The zero-order valence-corrected chi connectivity index (χ0v) is 13.9. The molecule has 0 heterocycles. The molecule has 0 saturated heterocycles. The van der Waals surface area contributed by atoms with Crippen molar-refractivity contribution in [3.05, 3.63) is 0 Å². The standard InChI is InChI=1S/C18H35NO2/c1-15-7-9-16(10-8-15)11-12-19-13-17(20)14-21-18-5-3-2-4-6-18/h15-20H,2-14H2,1H3. The summed E-state index contributed by atoms with van der Waals surface area (Å²) >= 11 is 0. The Morgan fingerprint density at radius 3 is 2.48 bits per heavy atom. The molecule has 0 spiro atoms. The van der Waals surface area contributed by atoms with Crippen LogP contribution in [0.3, 0.4) is 0 Å². The molecule has 0 aromatic rings. The van der Waals surface area contributed by atoms with E-state index in [1.165, 1.54) is 64.2 Å². The van der Waals surface area contributed by atoms with Crippen LogP contribution in [0.2, 0.25) is 0 Å². The second-order valence-electron chi connectivity index (χ2n) is 7.37. The third kappa shape index (κ3) is 7.12. The van der Waals surface area contributed by atoms with Gasteiger partial charge in [0.2, 0.25) is 0 Å². The molecule has 2 fully saturated rings. The molecule has 2 rings (SSSR count). The monoisotopic (exact) mass is 297 g/mol. The van der Waals surface area contributed by atoms with Gasteiger partial charge >= 0.3 is 0 Å². The first kappa shape index (κ1) is 17.2. The number of aliphatic hydroxyl groups is 1. The van der Waals surface area contributed by atoms with Gasteiger partial charge in [-0.1, -0.05) is 51.9 Å². The number of hydrogen-bond acceptors (Lipinski definition) is 3. The van der Waals surface area contributed by atoms with Gasteiger partial charge in [-0.25, -0.2) is 0 Å². The lowest BCUT2D eigenvalue weighted by molar-refractivity contribution is -0.0229. The molecule has 0 aliphatic heterocycles. The van der Waals surface area contributed by atoms with Crippen molar-refractivity contribution in [2.45, 2.75) is 83.3 Å². The molecule has 0 aromatic carbocycles. The number of aliphatic hydroxyl groups excluding tert-OH is 1. The Morgan fingerprint density at radius 2 is 1.76 bits per heavy atom. The van der Waals surface area contributed by atoms with E-state index in [-0.39, 0.29) is 6.10 Å². The fourth-order valence-electron chi connectivity index (χ4n) is 3.73. The Bertz CT molecular complexity index is 258. The van der Waals surface area contributed by atoms with Crippen molar-refractivity contribution in [2.24, 2.45) is 11.8 Å². The molecule has 2 saturated carbocycles. The normalized spacial score (nSPS) is 29.4. The summed E-state index contributed by atoms with van der Waals surface area (Å²) in [5, 5.41) is 13.4. The first-order valence-electron chi connectivity index (χ1n) is 9.24. The van der Waals surface area contributed by atoms with Gasteiger partial charge in [0, 0.05) is 6.54 Å². The van der Waals surface area contributed by atoms with Crippen LogP contribution in [0.25, 0.3) is 0 Å². The summed E-state index contributed by atoms with van der Waals surface area (Å²) in [6.45, 7) is 4.59. The zero-order valence-electron chi connectivity index (χ0n) is 13.9. The van der Waals surface area contributed by atoms with Gasteiger partial charge in [0.1, 0.15) is 0 Å². The average molecular weight is 297 g/mol. The summed E-state index contributed by atoms with van der Waals surface area (Å²) in [5.41, 5.74) is 0. The lowest BCUT2D eigenvalue weighted by atomic mass is 9.81. The van der Waals surface area contributed by atoms with Gasteiger partial charge in [-0.3, -0.25) is 0 Å². The summed E-state index contributed by atoms with van der Waals surface area (Å²) in [4.78, 5) is 0. The maximum Gasteiger partial charge on any atom is 0.0897 e. The molecule has 124 valence electrons. The third-order valence-electron chi connectivity index (χ3n) is 5.32. The Morgan fingerprint density at radius 1 is 1.05 bits per heavy atom. The Kier molecular flexibility index (Phi) is 8.05. The lowest BCUT2D eigenvalue weighted by Crippen LogP contribution is -2.33. The molecular weight excluding hydrogens is 262 g/mol. The highest BCUT2D eigenvalue weighted by Crippen LogP contribution is 2.29. The number of hydrogen-bond donors (Lipinski definition) is 2. The molecule has 3 heteroatoms. The highest BCUT2D eigenvalue weighted by atomic mass is 16.5. The second-order valence-corrected chi connectivity index (χ2v) is 7.37. The summed E-state index contributed by atoms with van der Waals surface area (Å²) < 4.78 is 5.81. The van der Waals surface area contributed by atoms with Gasteiger partial charge < -0.3 is 15.2 Å². The van der Waals surface area contributed by atoms with Crippen LogP contribution < -0.4 is 5.32 Å². The van der Waals surface area contributed by atoms with Crippen LogP contribution in [0.15, 0.2) is 0 Å². The molecule has 2 N–H and O–H groups in total. The van der Waals surface area contributed by atoms with E-state index in [4.69, 9.17) is 4.74 Å². The van der Waals surface area contributed by atoms with Crippen molar-refractivity contribution in [3.8, 4) is 0 Å². The van der Waals surface area contributed by atoms with E-state index in [0.29, 0.717) is 19.3 Å². The quantitative estimate of drug-likeness (QED) is 0.674. The minimum Gasteiger partial charge on any atom is -0.389 e. The van der Waals surface area contributed by atoms with Gasteiger partial charge in [-0.15, -0.1) is 0 Å². The Labute approximate surface area is 130 Å². The van der Waals surface area contributed by atoms with E-state index in [0.717, 1.165) is 18.4 Å². The molecule has 0 aromatic heterocycles. The minimum atomic E-state index is -0.349. The van der Waals surface area contributed by atoms with Crippen molar-refractivity contribution in [2.75, 3.05) is 19.7 Å². The van der Waals surface area contributed by atoms with Crippen LogP contribution in [-0.2, 0) is 4.74 Å². The van der Waals surface area contributed by atoms with Crippen LogP contribution in [0.5, 0.6) is 0 Å². The van der Waals surface area contributed by atoms with Crippen LogP contribution in [-0.4, -0.2) is 37.0 Å². The summed E-state index contributed by atoms with van der Waals surface area (Å²) in [7, 11) is 0. The predicted molar refractivity (Wildman–Crippen MR) is 87.4 cm³/mol. The number of nitrogens with one attached hydrogen (secondary N) is 1. The molecule has 2 aliphatic carbocycles. The van der Waals surface area contributed by atoms with Crippen molar-refractivity contribution in [1.29, 1.82) is 0 Å². The maximum absolute atomic E-state index is 9.96. The van der Waals surface area contributed by atoms with Gasteiger partial charge in [0.15, 0.2) is 0 Å². The van der Waals surface area contributed by atoms with Crippen molar-refractivity contribution in [3.63, 3.8) is 0 Å². The van der Waals surface area contributed by atoms with E-state index in [2.05, 4.69) is 12.2 Å². The van der Waals surface area contributed by atoms with Crippen LogP contribution >= 0.6 is 0 Å². The van der Waals surface area contributed by atoms with E-state index in [9.17, 15) is 5.11 Å². The van der Waals surface area contributed by atoms with Crippen LogP contribution in [0, 0.1) is 11.8 Å². The van der Waals surface area contributed by atoms with Crippen LogP contribution in [0.1, 0.15) is 71.1 Å². The van der Waals surface area contributed by atoms with Gasteiger partial charge in [0.25, 0.3) is 0 Å². The Balaban J connectivity index is 1.44. The summed E-state index contributed by atoms with van der Waals surface area (Å²) in [6, 6.07) is 0. The highest BCUT2D eigenvalue weighted by Gasteiger charge is 2.18. The first-order chi connectivity index (χ1) is 10.2. The molecule has 0 bridgehead atoms. The molecule has 2 aliphatic rings. The molecule has 3 nitrogen and oxygen atoms in total. The first-order valence-corrected chi connectivity index (χ1v) is 9.24. The van der Waals surface area contributed by atoms with E-state index in [1.54, 1.807) is 0 Å². The zero-order chi connectivity index (χ0) is 14.9. The van der Waals surface area contributed by atoms with Crippen molar-refractivity contribution >= 4 is 0 Å². The predicted octanol–water partition coefficient (Wildman–Crippen LogP) is 3.50. The molecule has 21 heavy (non-hydrogen) atoms.